The predicted octanol–water partition coefficient (Wildman–Crippen LogP) is 3.71. The zero-order valence-electron chi connectivity index (χ0n) is 11.9. The van der Waals surface area contributed by atoms with Gasteiger partial charge >= 0.3 is 0 Å². The Kier molecular flexibility index (Phi) is 4.38. The van der Waals surface area contributed by atoms with E-state index in [-0.39, 0.29) is 0 Å². The molecule has 2 aromatic heterocycles. The van der Waals surface area contributed by atoms with Crippen LogP contribution in [0.3, 0.4) is 0 Å². The molecule has 1 atom stereocenters. The van der Waals surface area contributed by atoms with E-state index < -0.39 is 0 Å². The molecule has 106 valence electrons. The SMILES string of the molecule is CNC(Cc1csc(-c2ccncc2)n1)c1ccccc1. The zero-order chi connectivity index (χ0) is 14.5. The second-order valence-corrected chi connectivity index (χ2v) is 5.69. The van der Waals surface area contributed by atoms with Gasteiger partial charge in [-0.2, -0.15) is 0 Å². The summed E-state index contributed by atoms with van der Waals surface area (Å²) in [6, 6.07) is 14.8. The van der Waals surface area contributed by atoms with Gasteiger partial charge < -0.3 is 5.32 Å². The van der Waals surface area contributed by atoms with Crippen molar-refractivity contribution in [3.8, 4) is 10.6 Å². The summed E-state index contributed by atoms with van der Waals surface area (Å²) in [5, 5.41) is 6.56. The highest BCUT2D eigenvalue weighted by molar-refractivity contribution is 7.13. The molecule has 0 saturated heterocycles. The normalized spacial score (nSPS) is 12.2. The van der Waals surface area contributed by atoms with Gasteiger partial charge in [-0.3, -0.25) is 4.98 Å². The number of nitrogens with one attached hydrogen (secondary N) is 1. The Morgan fingerprint density at radius 2 is 1.86 bits per heavy atom. The third-order valence-electron chi connectivity index (χ3n) is 3.44. The summed E-state index contributed by atoms with van der Waals surface area (Å²) >= 11 is 1.68. The zero-order valence-corrected chi connectivity index (χ0v) is 12.7. The molecule has 0 bridgehead atoms. The van der Waals surface area contributed by atoms with Crippen LogP contribution in [0.15, 0.2) is 60.2 Å². The first-order valence-corrected chi connectivity index (χ1v) is 7.82. The number of pyridine rings is 1. The van der Waals surface area contributed by atoms with Crippen molar-refractivity contribution in [2.75, 3.05) is 7.05 Å². The molecule has 4 heteroatoms. The number of likely N-dealkylation sites (N-methyl/N-ethyl adjacent to an activating group) is 1. The smallest absolute Gasteiger partial charge is 0.123 e. The van der Waals surface area contributed by atoms with Gasteiger partial charge in [0.15, 0.2) is 0 Å². The summed E-state index contributed by atoms with van der Waals surface area (Å²) in [6.45, 7) is 0. The van der Waals surface area contributed by atoms with Crippen molar-refractivity contribution in [2.24, 2.45) is 0 Å². The molecule has 1 unspecified atom stereocenters. The molecule has 0 fully saturated rings. The average Bonchev–Trinajstić information content (AvgIpc) is 3.03. The molecule has 0 aliphatic rings. The van der Waals surface area contributed by atoms with Crippen LogP contribution in [0.25, 0.3) is 10.6 Å². The van der Waals surface area contributed by atoms with Gasteiger partial charge in [-0.05, 0) is 24.7 Å². The molecule has 0 saturated carbocycles. The van der Waals surface area contributed by atoms with Crippen molar-refractivity contribution >= 4 is 11.3 Å². The molecule has 3 nitrogen and oxygen atoms in total. The lowest BCUT2D eigenvalue weighted by Gasteiger charge is -2.15. The highest BCUT2D eigenvalue weighted by atomic mass is 32.1. The maximum Gasteiger partial charge on any atom is 0.123 e. The second kappa shape index (κ2) is 6.61. The van der Waals surface area contributed by atoms with E-state index in [1.54, 1.807) is 23.7 Å². The van der Waals surface area contributed by atoms with Crippen LogP contribution < -0.4 is 5.32 Å². The average molecular weight is 295 g/mol. The molecule has 1 N–H and O–H groups in total. The van der Waals surface area contributed by atoms with Crippen molar-refractivity contribution in [1.82, 2.24) is 15.3 Å². The second-order valence-electron chi connectivity index (χ2n) is 4.84. The topological polar surface area (TPSA) is 37.8 Å². The molecule has 0 aliphatic carbocycles. The number of rotatable bonds is 5. The highest BCUT2D eigenvalue weighted by Crippen LogP contribution is 2.25. The minimum absolute atomic E-state index is 0.290. The largest absolute Gasteiger partial charge is 0.313 e. The summed E-state index contributed by atoms with van der Waals surface area (Å²) in [5.74, 6) is 0. The van der Waals surface area contributed by atoms with E-state index in [2.05, 4.69) is 39.9 Å². The number of hydrogen-bond donors (Lipinski definition) is 1. The van der Waals surface area contributed by atoms with Crippen LogP contribution >= 0.6 is 11.3 Å². The molecule has 3 aromatic rings. The van der Waals surface area contributed by atoms with Gasteiger partial charge in [0.2, 0.25) is 0 Å². The van der Waals surface area contributed by atoms with Crippen LogP contribution in [-0.4, -0.2) is 17.0 Å². The third kappa shape index (κ3) is 3.35. The summed E-state index contributed by atoms with van der Waals surface area (Å²) < 4.78 is 0. The van der Waals surface area contributed by atoms with Crippen molar-refractivity contribution in [1.29, 1.82) is 0 Å². The van der Waals surface area contributed by atoms with E-state index in [4.69, 9.17) is 4.98 Å². The van der Waals surface area contributed by atoms with Gasteiger partial charge in [-0.25, -0.2) is 4.98 Å². The van der Waals surface area contributed by atoms with Crippen LogP contribution in [0.4, 0.5) is 0 Å². The molecule has 0 aliphatic heterocycles. The number of aromatic nitrogens is 2. The van der Waals surface area contributed by atoms with Crippen LogP contribution in [0.2, 0.25) is 0 Å². The Balaban J connectivity index is 1.78. The van der Waals surface area contributed by atoms with Crippen molar-refractivity contribution < 1.29 is 0 Å². The fourth-order valence-corrected chi connectivity index (χ4v) is 3.15. The minimum atomic E-state index is 0.290. The molecule has 3 rings (SSSR count). The Morgan fingerprint density at radius 1 is 1.10 bits per heavy atom. The van der Waals surface area contributed by atoms with Crippen molar-refractivity contribution in [3.63, 3.8) is 0 Å². The first-order chi connectivity index (χ1) is 10.4. The Hall–Kier alpha value is -2.04. The van der Waals surface area contributed by atoms with Gasteiger partial charge in [0, 0.05) is 35.8 Å². The van der Waals surface area contributed by atoms with Crippen molar-refractivity contribution in [3.05, 3.63) is 71.5 Å². The fourth-order valence-electron chi connectivity index (χ4n) is 2.31. The molecule has 0 spiro atoms. The van der Waals surface area contributed by atoms with E-state index in [0.29, 0.717) is 6.04 Å². The Morgan fingerprint density at radius 3 is 2.57 bits per heavy atom. The quantitative estimate of drug-likeness (QED) is 0.780. The lowest BCUT2D eigenvalue weighted by Crippen LogP contribution is -2.18. The monoisotopic (exact) mass is 295 g/mol. The highest BCUT2D eigenvalue weighted by Gasteiger charge is 2.12. The summed E-state index contributed by atoms with van der Waals surface area (Å²) in [7, 11) is 1.99. The molecule has 21 heavy (non-hydrogen) atoms. The van der Waals surface area contributed by atoms with Crippen LogP contribution in [0.5, 0.6) is 0 Å². The van der Waals surface area contributed by atoms with Crippen LogP contribution in [0.1, 0.15) is 17.3 Å². The van der Waals surface area contributed by atoms with E-state index in [9.17, 15) is 0 Å². The minimum Gasteiger partial charge on any atom is -0.313 e. The summed E-state index contributed by atoms with van der Waals surface area (Å²) in [4.78, 5) is 8.79. The van der Waals surface area contributed by atoms with Gasteiger partial charge in [0.1, 0.15) is 5.01 Å². The molecule has 0 radical (unpaired) electrons. The number of thiazole rings is 1. The number of nitrogens with zero attached hydrogens (tertiary/aromatic N) is 2. The lowest BCUT2D eigenvalue weighted by atomic mass is 10.0. The van der Waals surface area contributed by atoms with Crippen LogP contribution in [0, 0.1) is 0 Å². The standard InChI is InChI=1S/C17H17N3S/c1-18-16(13-5-3-2-4-6-13)11-15-12-21-17(20-15)14-7-9-19-10-8-14/h2-10,12,16,18H,11H2,1H3. The van der Waals surface area contributed by atoms with Gasteiger partial charge in [-0.1, -0.05) is 30.3 Å². The lowest BCUT2D eigenvalue weighted by molar-refractivity contribution is 0.586. The number of benzene rings is 1. The Bertz CT molecular complexity index is 680. The van der Waals surface area contributed by atoms with Gasteiger partial charge in [0.05, 0.1) is 5.69 Å². The first-order valence-electron chi connectivity index (χ1n) is 6.94. The fraction of sp³-hybridized carbons (Fsp3) is 0.176. The van der Waals surface area contributed by atoms with E-state index in [1.807, 2.05) is 25.2 Å². The maximum atomic E-state index is 4.74. The van der Waals surface area contributed by atoms with E-state index in [1.165, 1.54) is 5.56 Å². The van der Waals surface area contributed by atoms with E-state index in [0.717, 1.165) is 22.7 Å². The first kappa shape index (κ1) is 13.9. The van der Waals surface area contributed by atoms with Crippen molar-refractivity contribution in [2.45, 2.75) is 12.5 Å². The molecule has 0 amide bonds. The maximum absolute atomic E-state index is 4.74. The van der Waals surface area contributed by atoms with Crippen LogP contribution in [-0.2, 0) is 6.42 Å². The summed E-state index contributed by atoms with van der Waals surface area (Å²) in [6.07, 6.45) is 4.50. The predicted molar refractivity (Wildman–Crippen MR) is 87.3 cm³/mol. The molecular weight excluding hydrogens is 278 g/mol. The summed E-state index contributed by atoms with van der Waals surface area (Å²) in [5.41, 5.74) is 3.54. The van der Waals surface area contributed by atoms with E-state index >= 15 is 0 Å². The third-order valence-corrected chi connectivity index (χ3v) is 4.38. The molecular formula is C17H17N3S. The molecule has 2 heterocycles. The Labute approximate surface area is 128 Å². The van der Waals surface area contributed by atoms with Gasteiger partial charge in [-0.15, -0.1) is 11.3 Å². The number of hydrogen-bond acceptors (Lipinski definition) is 4. The van der Waals surface area contributed by atoms with Gasteiger partial charge in [0.25, 0.3) is 0 Å². The molecule has 1 aromatic carbocycles.